The van der Waals surface area contributed by atoms with Gasteiger partial charge < -0.3 is 19.9 Å². The average Bonchev–Trinajstić information content (AvgIpc) is 3.29. The molecule has 0 saturated heterocycles. The lowest BCUT2D eigenvalue weighted by Gasteiger charge is -2.13. The van der Waals surface area contributed by atoms with Crippen molar-refractivity contribution < 1.29 is 14.6 Å². The smallest absolute Gasteiger partial charge is 0.163 e. The lowest BCUT2D eigenvalue weighted by atomic mass is 10.2. The predicted octanol–water partition coefficient (Wildman–Crippen LogP) is 5.90. The number of ether oxygens (including phenoxy) is 2. The van der Waals surface area contributed by atoms with Gasteiger partial charge in [0.1, 0.15) is 23.8 Å². The number of benzene rings is 2. The number of methoxy groups -OCH3 is 1. The summed E-state index contributed by atoms with van der Waals surface area (Å²) in [7, 11) is 1.58. The lowest BCUT2D eigenvalue weighted by molar-refractivity contribution is 0.273. The summed E-state index contributed by atoms with van der Waals surface area (Å²) in [5, 5.41) is 16.5. The van der Waals surface area contributed by atoms with E-state index in [0.717, 1.165) is 22.3 Å². The van der Waals surface area contributed by atoms with Crippen LogP contribution in [-0.4, -0.2) is 27.2 Å². The second-order valence-electron chi connectivity index (χ2n) is 6.51. The second kappa shape index (κ2) is 11.1. The summed E-state index contributed by atoms with van der Waals surface area (Å²) in [5.74, 6) is 1.76. The second-order valence-corrected chi connectivity index (χ2v) is 7.86. The molecule has 0 radical (unpaired) electrons. The molecular formula is C23H25ClN4O3S. The minimum Gasteiger partial charge on any atom is -0.493 e. The van der Waals surface area contributed by atoms with Crippen LogP contribution in [0.4, 0.5) is 11.5 Å². The number of halogens is 1. The third kappa shape index (κ3) is 5.45. The molecule has 2 N–H and O–H groups in total. The van der Waals surface area contributed by atoms with Crippen molar-refractivity contribution in [3.8, 4) is 11.5 Å². The number of rotatable bonds is 7. The maximum absolute atomic E-state index is 9.16. The van der Waals surface area contributed by atoms with Crippen molar-refractivity contribution in [3.63, 3.8) is 0 Å². The highest BCUT2D eigenvalue weighted by Crippen LogP contribution is 2.35. The molecule has 0 aliphatic rings. The zero-order chi connectivity index (χ0) is 23.1. The molecule has 0 bridgehead atoms. The van der Waals surface area contributed by atoms with E-state index in [0.29, 0.717) is 32.9 Å². The van der Waals surface area contributed by atoms with Crippen LogP contribution in [0.5, 0.6) is 11.5 Å². The Morgan fingerprint density at radius 2 is 1.94 bits per heavy atom. The first-order chi connectivity index (χ1) is 15.6. The number of thiazole rings is 1. The van der Waals surface area contributed by atoms with Crippen molar-refractivity contribution in [2.24, 2.45) is 0 Å². The van der Waals surface area contributed by atoms with Crippen LogP contribution >= 0.6 is 22.9 Å². The Hall–Kier alpha value is -2.94. The molecule has 168 valence electrons. The van der Waals surface area contributed by atoms with E-state index in [9.17, 15) is 0 Å². The molecule has 0 unspecified atom stereocenters. The van der Waals surface area contributed by atoms with Gasteiger partial charge in [-0.15, -0.1) is 11.3 Å². The van der Waals surface area contributed by atoms with E-state index >= 15 is 0 Å². The van der Waals surface area contributed by atoms with Crippen LogP contribution in [0.15, 0.2) is 42.0 Å². The van der Waals surface area contributed by atoms with Crippen molar-refractivity contribution in [3.05, 3.63) is 63.3 Å². The molecule has 0 saturated carbocycles. The third-order valence-electron chi connectivity index (χ3n) is 4.45. The first-order valence-electron chi connectivity index (χ1n) is 10.1. The first kappa shape index (κ1) is 23.7. The molecule has 9 heteroatoms. The van der Waals surface area contributed by atoms with Gasteiger partial charge in [-0.25, -0.2) is 15.0 Å². The maximum atomic E-state index is 9.16. The van der Waals surface area contributed by atoms with Gasteiger partial charge in [-0.2, -0.15) is 0 Å². The van der Waals surface area contributed by atoms with Crippen LogP contribution in [-0.2, 0) is 13.2 Å². The van der Waals surface area contributed by atoms with Crippen molar-refractivity contribution >= 4 is 45.3 Å². The van der Waals surface area contributed by atoms with Crippen LogP contribution in [0.3, 0.4) is 0 Å². The molecule has 0 amide bonds. The van der Waals surface area contributed by atoms with Crippen LogP contribution in [0.25, 0.3) is 10.9 Å². The number of hydrogen-bond acceptors (Lipinski definition) is 8. The number of anilines is 2. The Labute approximate surface area is 196 Å². The zero-order valence-electron chi connectivity index (χ0n) is 18.3. The number of aliphatic hydroxyl groups is 1. The third-order valence-corrected chi connectivity index (χ3v) is 5.76. The molecule has 0 atom stereocenters. The van der Waals surface area contributed by atoms with Crippen LogP contribution in [0.1, 0.15) is 30.1 Å². The molecule has 4 rings (SSSR count). The van der Waals surface area contributed by atoms with E-state index in [2.05, 4.69) is 20.3 Å². The molecule has 0 spiro atoms. The fourth-order valence-electron chi connectivity index (χ4n) is 2.93. The fraction of sp³-hybridized carbons (Fsp3) is 0.261. The normalized spacial score (nSPS) is 10.4. The predicted molar refractivity (Wildman–Crippen MR) is 129 cm³/mol. The zero-order valence-corrected chi connectivity index (χ0v) is 19.9. The summed E-state index contributed by atoms with van der Waals surface area (Å²) in [4.78, 5) is 13.0. The minimum absolute atomic E-state index is 0.0796. The van der Waals surface area contributed by atoms with Crippen molar-refractivity contribution in [1.82, 2.24) is 15.0 Å². The molecule has 0 aliphatic heterocycles. The average molecular weight is 473 g/mol. The summed E-state index contributed by atoms with van der Waals surface area (Å²) >= 11 is 7.51. The van der Waals surface area contributed by atoms with E-state index in [1.165, 1.54) is 17.7 Å². The van der Waals surface area contributed by atoms with Crippen molar-refractivity contribution in [2.45, 2.75) is 34.0 Å². The highest BCUT2D eigenvalue weighted by Gasteiger charge is 2.13. The molecule has 0 aliphatic carbocycles. The number of aryl methyl sites for hydroxylation is 1. The van der Waals surface area contributed by atoms with Gasteiger partial charge in [-0.1, -0.05) is 25.4 Å². The van der Waals surface area contributed by atoms with Gasteiger partial charge in [0.15, 0.2) is 11.5 Å². The number of fused-ring (bicyclic) bond motifs is 1. The van der Waals surface area contributed by atoms with Gasteiger partial charge >= 0.3 is 0 Å². The SMILES string of the molecule is CC.COc1cc2c(Nc3ccc(Cl)c(C)c3)ncnc2cc1OCc1csc(CO)n1. The maximum Gasteiger partial charge on any atom is 0.163 e. The van der Waals surface area contributed by atoms with Crippen LogP contribution in [0.2, 0.25) is 5.02 Å². The van der Waals surface area contributed by atoms with Crippen LogP contribution in [0, 0.1) is 6.92 Å². The summed E-state index contributed by atoms with van der Waals surface area (Å²) in [6.07, 6.45) is 1.50. The highest BCUT2D eigenvalue weighted by atomic mass is 35.5. The molecule has 32 heavy (non-hydrogen) atoms. The van der Waals surface area contributed by atoms with E-state index in [1.807, 2.05) is 56.5 Å². The number of aliphatic hydroxyl groups excluding tert-OH is 1. The van der Waals surface area contributed by atoms with Gasteiger partial charge in [-0.05, 0) is 36.8 Å². The Bertz CT molecular complexity index is 1200. The number of nitrogens with zero attached hydrogens (tertiary/aromatic N) is 3. The van der Waals surface area contributed by atoms with Gasteiger partial charge in [0.05, 0.1) is 24.9 Å². The van der Waals surface area contributed by atoms with Crippen molar-refractivity contribution in [2.75, 3.05) is 12.4 Å². The number of nitrogens with one attached hydrogen (secondary N) is 1. The minimum atomic E-state index is -0.0796. The molecule has 7 nitrogen and oxygen atoms in total. The lowest BCUT2D eigenvalue weighted by Crippen LogP contribution is -2.01. The van der Waals surface area contributed by atoms with E-state index in [4.69, 9.17) is 26.2 Å². The quantitative estimate of drug-likeness (QED) is 0.346. The molecule has 2 aromatic carbocycles. The number of aromatic nitrogens is 3. The fourth-order valence-corrected chi connectivity index (χ4v) is 3.69. The van der Waals surface area contributed by atoms with Crippen molar-refractivity contribution in [1.29, 1.82) is 0 Å². The number of hydrogen-bond donors (Lipinski definition) is 2. The molecular weight excluding hydrogens is 448 g/mol. The summed E-state index contributed by atoms with van der Waals surface area (Å²) < 4.78 is 11.4. The van der Waals surface area contributed by atoms with Gasteiger partial charge in [0.25, 0.3) is 0 Å². The Morgan fingerprint density at radius 1 is 1.12 bits per heavy atom. The first-order valence-corrected chi connectivity index (χ1v) is 11.4. The summed E-state index contributed by atoms with van der Waals surface area (Å²) in [5.41, 5.74) is 3.30. The topological polar surface area (TPSA) is 89.4 Å². The summed E-state index contributed by atoms with van der Waals surface area (Å²) in [6, 6.07) is 9.35. The highest BCUT2D eigenvalue weighted by molar-refractivity contribution is 7.09. The van der Waals surface area contributed by atoms with Gasteiger partial charge in [0.2, 0.25) is 0 Å². The summed E-state index contributed by atoms with van der Waals surface area (Å²) in [6.45, 7) is 6.13. The Morgan fingerprint density at radius 3 is 2.62 bits per heavy atom. The monoisotopic (exact) mass is 472 g/mol. The van der Waals surface area contributed by atoms with Gasteiger partial charge in [0, 0.05) is 27.5 Å². The van der Waals surface area contributed by atoms with Crippen LogP contribution < -0.4 is 14.8 Å². The van der Waals surface area contributed by atoms with E-state index in [1.54, 1.807) is 7.11 Å². The molecule has 4 aromatic rings. The Kier molecular flexibility index (Phi) is 8.21. The molecule has 2 heterocycles. The van der Waals surface area contributed by atoms with E-state index in [-0.39, 0.29) is 13.2 Å². The van der Waals surface area contributed by atoms with Gasteiger partial charge in [-0.3, -0.25) is 0 Å². The van der Waals surface area contributed by atoms with E-state index < -0.39 is 0 Å². The Balaban J connectivity index is 0.00000141. The molecule has 2 aromatic heterocycles. The largest absolute Gasteiger partial charge is 0.493 e. The standard InChI is InChI=1S/C21H19ClN4O3S.C2H6/c1-12-5-13(3-4-16(12)22)26-21-15-6-18(28-2)19(7-17(15)23-11-24-21)29-9-14-10-30-20(8-27)25-14;1-2/h3-7,10-11,27H,8-9H2,1-2H3,(H,23,24,26);1-2H3. The molecule has 0 fully saturated rings.